The summed E-state index contributed by atoms with van der Waals surface area (Å²) in [6, 6.07) is 20.0. The van der Waals surface area contributed by atoms with Gasteiger partial charge in [0.2, 0.25) is 0 Å². The van der Waals surface area contributed by atoms with Gasteiger partial charge in [0.1, 0.15) is 5.76 Å². The molecule has 1 atom stereocenters. The van der Waals surface area contributed by atoms with Gasteiger partial charge in [0.05, 0.1) is 21.8 Å². The number of aromatic nitrogens is 1. The summed E-state index contributed by atoms with van der Waals surface area (Å²) >= 11 is 1.37. The number of rotatable bonds is 3. The highest BCUT2D eigenvalue weighted by atomic mass is 32.1. The van der Waals surface area contributed by atoms with Crippen molar-refractivity contribution in [3.63, 3.8) is 0 Å². The number of aliphatic hydroxyl groups is 1. The Bertz CT molecular complexity index is 1430. The van der Waals surface area contributed by atoms with E-state index >= 15 is 0 Å². The molecule has 0 radical (unpaired) electrons. The molecule has 1 N–H and O–H groups in total. The second-order valence-electron chi connectivity index (χ2n) is 8.41. The Morgan fingerprint density at radius 3 is 2.15 bits per heavy atom. The summed E-state index contributed by atoms with van der Waals surface area (Å²) in [6.45, 7) is 5.92. The minimum Gasteiger partial charge on any atom is -0.507 e. The van der Waals surface area contributed by atoms with Gasteiger partial charge in [0.25, 0.3) is 5.78 Å². The van der Waals surface area contributed by atoms with Crippen molar-refractivity contribution in [1.29, 1.82) is 0 Å². The topological polar surface area (TPSA) is 70.5 Å². The highest BCUT2D eigenvalue weighted by Gasteiger charge is 2.48. The van der Waals surface area contributed by atoms with Crippen molar-refractivity contribution in [3.05, 3.63) is 100 Å². The predicted molar refractivity (Wildman–Crippen MR) is 131 cm³/mol. The quantitative estimate of drug-likeness (QED) is 0.240. The van der Waals surface area contributed by atoms with Gasteiger partial charge in [-0.3, -0.25) is 14.5 Å². The molecule has 6 heteroatoms. The molecule has 164 valence electrons. The molecule has 1 aliphatic rings. The SMILES string of the molecule is Cc1ccc(/C(O)=C2\C(=O)C(=O)N(c3nc4ccc(C)cc4s3)[C@@H]2c2ccc(C)cc2)cc1. The summed E-state index contributed by atoms with van der Waals surface area (Å²) in [5, 5.41) is 11.6. The Balaban J connectivity index is 1.73. The second kappa shape index (κ2) is 7.98. The molecule has 0 bridgehead atoms. The monoisotopic (exact) mass is 454 g/mol. The first-order chi connectivity index (χ1) is 15.8. The molecule has 5 rings (SSSR count). The Morgan fingerprint density at radius 1 is 0.879 bits per heavy atom. The summed E-state index contributed by atoms with van der Waals surface area (Å²) in [5.41, 5.74) is 5.26. The van der Waals surface area contributed by atoms with Crippen molar-refractivity contribution in [3.8, 4) is 0 Å². The fraction of sp³-hybridized carbons (Fsp3) is 0.148. The van der Waals surface area contributed by atoms with Crippen LogP contribution in [-0.2, 0) is 9.59 Å². The zero-order chi connectivity index (χ0) is 23.3. The molecule has 1 aliphatic heterocycles. The number of hydrogen-bond donors (Lipinski definition) is 1. The summed E-state index contributed by atoms with van der Waals surface area (Å²) < 4.78 is 0.938. The lowest BCUT2D eigenvalue weighted by Crippen LogP contribution is -2.29. The maximum absolute atomic E-state index is 13.3. The van der Waals surface area contributed by atoms with E-state index < -0.39 is 17.7 Å². The van der Waals surface area contributed by atoms with Crippen molar-refractivity contribution in [2.45, 2.75) is 26.8 Å². The number of carbonyl (C=O) groups is 2. The molecule has 0 unspecified atom stereocenters. The molecule has 0 saturated carbocycles. The number of hydrogen-bond acceptors (Lipinski definition) is 5. The summed E-state index contributed by atoms with van der Waals surface area (Å²) in [5.74, 6) is -1.59. The van der Waals surface area contributed by atoms with E-state index in [1.165, 1.54) is 16.2 Å². The molecule has 1 fully saturated rings. The summed E-state index contributed by atoms with van der Waals surface area (Å²) in [6.07, 6.45) is 0. The molecule has 0 spiro atoms. The van der Waals surface area contributed by atoms with E-state index in [1.54, 1.807) is 12.1 Å². The van der Waals surface area contributed by atoms with Crippen molar-refractivity contribution >= 4 is 44.1 Å². The van der Waals surface area contributed by atoms with E-state index in [-0.39, 0.29) is 11.3 Å². The third-order valence-corrected chi connectivity index (χ3v) is 6.92. The molecule has 1 aromatic heterocycles. The molecule has 4 aromatic rings. The van der Waals surface area contributed by atoms with Gasteiger partial charge in [0.15, 0.2) is 5.13 Å². The van der Waals surface area contributed by atoms with Crippen LogP contribution in [0.5, 0.6) is 0 Å². The number of ketones is 1. The average Bonchev–Trinajstić information content (AvgIpc) is 3.32. The minimum absolute atomic E-state index is 0.0724. The summed E-state index contributed by atoms with van der Waals surface area (Å²) in [4.78, 5) is 32.6. The molecule has 1 saturated heterocycles. The number of carbonyl (C=O) groups excluding carboxylic acids is 2. The molecule has 33 heavy (non-hydrogen) atoms. The van der Waals surface area contributed by atoms with Gasteiger partial charge in [-0.15, -0.1) is 0 Å². The van der Waals surface area contributed by atoms with Crippen LogP contribution in [-0.4, -0.2) is 21.8 Å². The first-order valence-corrected chi connectivity index (χ1v) is 11.5. The lowest BCUT2D eigenvalue weighted by molar-refractivity contribution is -0.132. The lowest BCUT2D eigenvalue weighted by atomic mass is 9.94. The number of anilines is 1. The van der Waals surface area contributed by atoms with E-state index in [2.05, 4.69) is 4.98 Å². The van der Waals surface area contributed by atoms with Gasteiger partial charge < -0.3 is 5.11 Å². The van der Waals surface area contributed by atoms with Crippen molar-refractivity contribution in [2.75, 3.05) is 4.90 Å². The van der Waals surface area contributed by atoms with E-state index in [0.717, 1.165) is 32.5 Å². The number of Topliss-reactive ketones (excluding diaryl/α,β-unsaturated/α-hetero) is 1. The van der Waals surface area contributed by atoms with E-state index in [1.807, 2.05) is 75.4 Å². The van der Waals surface area contributed by atoms with Crippen molar-refractivity contribution < 1.29 is 14.7 Å². The molecule has 2 heterocycles. The molecule has 3 aromatic carbocycles. The summed E-state index contributed by atoms with van der Waals surface area (Å²) in [7, 11) is 0. The first-order valence-electron chi connectivity index (χ1n) is 10.7. The number of thiazole rings is 1. The smallest absolute Gasteiger partial charge is 0.301 e. The predicted octanol–water partition coefficient (Wildman–Crippen LogP) is 5.85. The lowest BCUT2D eigenvalue weighted by Gasteiger charge is -2.23. The second-order valence-corrected chi connectivity index (χ2v) is 9.42. The normalized spacial score (nSPS) is 17.8. The number of fused-ring (bicyclic) bond motifs is 1. The maximum atomic E-state index is 13.3. The van der Waals surface area contributed by atoms with Crippen LogP contribution in [0.25, 0.3) is 16.0 Å². The van der Waals surface area contributed by atoms with Gasteiger partial charge in [-0.25, -0.2) is 4.98 Å². The highest BCUT2D eigenvalue weighted by Crippen LogP contribution is 2.44. The number of aliphatic hydroxyl groups excluding tert-OH is 1. The molecule has 1 amide bonds. The fourth-order valence-corrected chi connectivity index (χ4v) is 5.17. The third-order valence-electron chi connectivity index (χ3n) is 5.90. The highest BCUT2D eigenvalue weighted by molar-refractivity contribution is 7.22. The van der Waals surface area contributed by atoms with Crippen LogP contribution in [0.2, 0.25) is 0 Å². The number of nitrogens with zero attached hydrogens (tertiary/aromatic N) is 2. The van der Waals surface area contributed by atoms with Gasteiger partial charge in [0, 0.05) is 5.56 Å². The van der Waals surface area contributed by atoms with Crippen LogP contribution in [0.3, 0.4) is 0 Å². The number of benzene rings is 3. The van der Waals surface area contributed by atoms with E-state index in [0.29, 0.717) is 10.7 Å². The zero-order valence-corrected chi connectivity index (χ0v) is 19.3. The van der Waals surface area contributed by atoms with Crippen LogP contribution in [0.4, 0.5) is 5.13 Å². The first kappa shape index (κ1) is 21.1. The van der Waals surface area contributed by atoms with Crippen LogP contribution in [0.15, 0.2) is 72.3 Å². The Morgan fingerprint density at radius 2 is 1.48 bits per heavy atom. The molecular weight excluding hydrogens is 432 g/mol. The van der Waals surface area contributed by atoms with E-state index in [9.17, 15) is 14.7 Å². The van der Waals surface area contributed by atoms with Crippen molar-refractivity contribution in [1.82, 2.24) is 4.98 Å². The minimum atomic E-state index is -0.770. The average molecular weight is 455 g/mol. The van der Waals surface area contributed by atoms with Crippen molar-refractivity contribution in [2.24, 2.45) is 0 Å². The van der Waals surface area contributed by atoms with Crippen LogP contribution in [0, 0.1) is 20.8 Å². The maximum Gasteiger partial charge on any atom is 0.301 e. The van der Waals surface area contributed by atoms with Crippen LogP contribution in [0.1, 0.15) is 33.9 Å². The van der Waals surface area contributed by atoms with Gasteiger partial charge in [-0.2, -0.15) is 0 Å². The Kier molecular flexibility index (Phi) is 5.10. The van der Waals surface area contributed by atoms with Crippen LogP contribution >= 0.6 is 11.3 Å². The largest absolute Gasteiger partial charge is 0.507 e. The fourth-order valence-electron chi connectivity index (χ4n) is 4.08. The molecular formula is C27H22N2O3S. The van der Waals surface area contributed by atoms with E-state index in [4.69, 9.17) is 0 Å². The van der Waals surface area contributed by atoms with Crippen LogP contribution < -0.4 is 4.90 Å². The van der Waals surface area contributed by atoms with Gasteiger partial charge in [-0.05, 0) is 44.0 Å². The zero-order valence-electron chi connectivity index (χ0n) is 18.5. The number of aryl methyl sites for hydroxylation is 3. The molecule has 0 aliphatic carbocycles. The molecule has 5 nitrogen and oxygen atoms in total. The standard InChI is InChI=1S/C27H22N2O3S/c1-15-4-9-18(10-5-15)23-22(24(30)19-11-6-16(2)7-12-19)25(31)26(32)29(23)27-28-20-13-8-17(3)14-21(20)33-27/h4-14,23,30H,1-3H3/b24-22+/t23-/m1/s1. The van der Waals surface area contributed by atoms with Gasteiger partial charge in [-0.1, -0.05) is 77.1 Å². The Hall–Kier alpha value is -3.77. The Labute approximate surface area is 195 Å². The third kappa shape index (κ3) is 3.62. The van der Waals surface area contributed by atoms with Gasteiger partial charge >= 0.3 is 5.91 Å². The number of amides is 1.